The highest BCUT2D eigenvalue weighted by Crippen LogP contribution is 2.32. The molecule has 1 saturated heterocycles. The molecule has 2 aromatic rings. The standard InChI is InChI=1S/C15H20N4O2S2/c1-11-5-3-7-13(16-11)10-19-8-4-6-12(9-19)14-15(22-18-17-14)23(2,20)21/h3,5,7,12H,4,6,8-10H2,1-2H3/t12-/m0/s1. The Morgan fingerprint density at radius 2 is 2.22 bits per heavy atom. The molecule has 0 unspecified atom stereocenters. The first kappa shape index (κ1) is 16.5. The van der Waals surface area contributed by atoms with Crippen LogP contribution in [0.5, 0.6) is 0 Å². The van der Waals surface area contributed by atoms with Crippen LogP contribution in [-0.2, 0) is 16.4 Å². The molecule has 0 amide bonds. The Bertz CT molecular complexity index is 788. The van der Waals surface area contributed by atoms with E-state index in [1.807, 2.05) is 25.1 Å². The SMILES string of the molecule is Cc1cccc(CN2CCC[C@H](c3nnsc3S(C)(=O)=O)C2)n1. The normalized spacial score (nSPS) is 19.8. The van der Waals surface area contributed by atoms with Gasteiger partial charge in [0.1, 0.15) is 0 Å². The van der Waals surface area contributed by atoms with Crippen LogP contribution in [0.15, 0.2) is 22.4 Å². The van der Waals surface area contributed by atoms with Crippen molar-refractivity contribution < 1.29 is 8.42 Å². The summed E-state index contributed by atoms with van der Waals surface area (Å²) in [5, 5.41) is 4.11. The minimum atomic E-state index is -3.26. The Hall–Kier alpha value is -1.38. The van der Waals surface area contributed by atoms with Gasteiger partial charge in [-0.25, -0.2) is 8.42 Å². The van der Waals surface area contributed by atoms with E-state index in [-0.39, 0.29) is 5.92 Å². The molecule has 2 aromatic heterocycles. The fourth-order valence-corrected chi connectivity index (χ4v) is 4.77. The number of rotatable bonds is 4. The Labute approximate surface area is 140 Å². The van der Waals surface area contributed by atoms with Crippen LogP contribution >= 0.6 is 11.5 Å². The molecule has 1 aliphatic rings. The van der Waals surface area contributed by atoms with Crippen LogP contribution in [0, 0.1) is 6.92 Å². The molecule has 6 nitrogen and oxygen atoms in total. The van der Waals surface area contributed by atoms with Gasteiger partial charge >= 0.3 is 0 Å². The average Bonchev–Trinajstić information content (AvgIpc) is 2.97. The van der Waals surface area contributed by atoms with Gasteiger partial charge in [0.2, 0.25) is 0 Å². The predicted molar refractivity (Wildman–Crippen MR) is 89.2 cm³/mol. The van der Waals surface area contributed by atoms with Crippen LogP contribution in [-0.4, -0.2) is 47.2 Å². The van der Waals surface area contributed by atoms with Gasteiger partial charge < -0.3 is 0 Å². The molecule has 0 aromatic carbocycles. The van der Waals surface area contributed by atoms with Crippen molar-refractivity contribution in [2.75, 3.05) is 19.3 Å². The number of pyridine rings is 1. The maximum Gasteiger partial charge on any atom is 0.188 e. The topological polar surface area (TPSA) is 76.1 Å². The summed E-state index contributed by atoms with van der Waals surface area (Å²) < 4.78 is 27.9. The number of aromatic nitrogens is 3. The molecule has 23 heavy (non-hydrogen) atoms. The van der Waals surface area contributed by atoms with E-state index in [1.54, 1.807) is 0 Å². The van der Waals surface area contributed by atoms with Gasteiger partial charge in [-0.1, -0.05) is 10.6 Å². The first-order valence-electron chi connectivity index (χ1n) is 7.60. The maximum atomic E-state index is 11.9. The third-order valence-corrected chi connectivity index (χ3v) is 6.59. The third kappa shape index (κ3) is 3.94. The number of nitrogens with zero attached hydrogens (tertiary/aromatic N) is 4. The van der Waals surface area contributed by atoms with Crippen LogP contribution < -0.4 is 0 Å². The van der Waals surface area contributed by atoms with Crippen molar-refractivity contribution >= 4 is 21.4 Å². The summed E-state index contributed by atoms with van der Waals surface area (Å²) in [4.78, 5) is 6.87. The highest BCUT2D eigenvalue weighted by atomic mass is 32.2. The van der Waals surface area contributed by atoms with Gasteiger partial charge in [0.25, 0.3) is 0 Å². The molecular weight excluding hydrogens is 332 g/mol. The van der Waals surface area contributed by atoms with Gasteiger partial charge in [-0.05, 0) is 38.4 Å². The maximum absolute atomic E-state index is 11.9. The largest absolute Gasteiger partial charge is 0.297 e. The summed E-state index contributed by atoms with van der Waals surface area (Å²) in [6.07, 6.45) is 3.20. The smallest absolute Gasteiger partial charge is 0.188 e. The van der Waals surface area contributed by atoms with Crippen molar-refractivity contribution in [1.82, 2.24) is 19.5 Å². The van der Waals surface area contributed by atoms with E-state index in [2.05, 4.69) is 19.5 Å². The Kier molecular flexibility index (Phi) is 4.74. The summed E-state index contributed by atoms with van der Waals surface area (Å²) in [6.45, 7) is 4.56. The van der Waals surface area contributed by atoms with Gasteiger partial charge in [0.05, 0.1) is 11.4 Å². The monoisotopic (exact) mass is 352 g/mol. The second-order valence-electron chi connectivity index (χ2n) is 6.06. The number of hydrogen-bond acceptors (Lipinski definition) is 7. The molecule has 3 rings (SSSR count). The molecule has 8 heteroatoms. The van der Waals surface area contributed by atoms with Gasteiger partial charge in [-0.15, -0.1) is 5.10 Å². The summed E-state index contributed by atoms with van der Waals surface area (Å²) in [5.74, 6) is 0.122. The molecule has 0 radical (unpaired) electrons. The molecule has 0 saturated carbocycles. The Balaban J connectivity index is 1.75. The molecule has 0 bridgehead atoms. The molecular formula is C15H20N4O2S2. The fraction of sp³-hybridized carbons (Fsp3) is 0.533. The zero-order valence-corrected chi connectivity index (χ0v) is 14.9. The summed E-state index contributed by atoms with van der Waals surface area (Å²) in [6, 6.07) is 6.04. The molecule has 0 spiro atoms. The van der Waals surface area contributed by atoms with E-state index in [1.165, 1.54) is 6.26 Å². The average molecular weight is 352 g/mol. The lowest BCUT2D eigenvalue weighted by Gasteiger charge is -2.31. The number of hydrogen-bond donors (Lipinski definition) is 0. The van der Waals surface area contributed by atoms with E-state index in [4.69, 9.17) is 0 Å². The molecule has 124 valence electrons. The predicted octanol–water partition coefficient (Wildman–Crippen LogP) is 2.02. The van der Waals surface area contributed by atoms with Crippen LogP contribution in [0.25, 0.3) is 0 Å². The van der Waals surface area contributed by atoms with Gasteiger partial charge in [-0.2, -0.15) is 0 Å². The second-order valence-corrected chi connectivity index (χ2v) is 9.03. The minimum Gasteiger partial charge on any atom is -0.297 e. The minimum absolute atomic E-state index is 0.122. The van der Waals surface area contributed by atoms with E-state index < -0.39 is 9.84 Å². The first-order chi connectivity index (χ1) is 10.9. The number of aryl methyl sites for hydroxylation is 1. The number of likely N-dealkylation sites (tertiary alicyclic amines) is 1. The molecule has 1 fully saturated rings. The van der Waals surface area contributed by atoms with Crippen LogP contribution in [0.3, 0.4) is 0 Å². The fourth-order valence-electron chi connectivity index (χ4n) is 3.03. The highest BCUT2D eigenvalue weighted by molar-refractivity contribution is 7.92. The van der Waals surface area contributed by atoms with Crippen molar-refractivity contribution in [3.05, 3.63) is 35.3 Å². The number of sulfone groups is 1. The lowest BCUT2D eigenvalue weighted by molar-refractivity contribution is 0.195. The summed E-state index contributed by atoms with van der Waals surface area (Å²) in [7, 11) is -3.26. The van der Waals surface area contributed by atoms with Crippen LogP contribution in [0.1, 0.15) is 35.8 Å². The lowest BCUT2D eigenvalue weighted by atomic mass is 9.95. The van der Waals surface area contributed by atoms with Crippen molar-refractivity contribution in [1.29, 1.82) is 0 Å². The summed E-state index contributed by atoms with van der Waals surface area (Å²) in [5.41, 5.74) is 2.70. The lowest BCUT2D eigenvalue weighted by Crippen LogP contribution is -2.34. The van der Waals surface area contributed by atoms with E-state index >= 15 is 0 Å². The van der Waals surface area contributed by atoms with E-state index in [0.29, 0.717) is 9.90 Å². The highest BCUT2D eigenvalue weighted by Gasteiger charge is 2.29. The quantitative estimate of drug-likeness (QED) is 0.838. The zero-order valence-electron chi connectivity index (χ0n) is 13.3. The van der Waals surface area contributed by atoms with Crippen LogP contribution in [0.4, 0.5) is 0 Å². The zero-order chi connectivity index (χ0) is 16.4. The van der Waals surface area contributed by atoms with Crippen LogP contribution in [0.2, 0.25) is 0 Å². The van der Waals surface area contributed by atoms with Crippen molar-refractivity contribution in [3.63, 3.8) is 0 Å². The molecule has 0 N–H and O–H groups in total. The van der Waals surface area contributed by atoms with E-state index in [0.717, 1.165) is 55.4 Å². The molecule has 0 aliphatic carbocycles. The third-order valence-electron chi connectivity index (χ3n) is 4.04. The number of piperidine rings is 1. The summed E-state index contributed by atoms with van der Waals surface area (Å²) >= 11 is 0.977. The molecule has 1 atom stereocenters. The first-order valence-corrected chi connectivity index (χ1v) is 10.3. The van der Waals surface area contributed by atoms with Gasteiger partial charge in [-0.3, -0.25) is 9.88 Å². The molecule has 1 aliphatic heterocycles. The van der Waals surface area contributed by atoms with Crippen molar-refractivity contribution in [2.45, 2.75) is 36.4 Å². The second kappa shape index (κ2) is 6.62. The van der Waals surface area contributed by atoms with Gasteiger partial charge in [0.15, 0.2) is 14.0 Å². The molecule has 3 heterocycles. The van der Waals surface area contributed by atoms with Crippen molar-refractivity contribution in [2.24, 2.45) is 0 Å². The Morgan fingerprint density at radius 1 is 1.39 bits per heavy atom. The Morgan fingerprint density at radius 3 is 2.96 bits per heavy atom. The van der Waals surface area contributed by atoms with Crippen molar-refractivity contribution in [3.8, 4) is 0 Å². The van der Waals surface area contributed by atoms with E-state index in [9.17, 15) is 8.42 Å². The van der Waals surface area contributed by atoms with Gasteiger partial charge in [0, 0.05) is 42.5 Å².